The molecule has 3 aromatic rings. The van der Waals surface area contributed by atoms with Crippen LogP contribution < -0.4 is 20.3 Å². The van der Waals surface area contributed by atoms with Crippen LogP contribution in [0, 0.1) is 6.92 Å². The van der Waals surface area contributed by atoms with Crippen molar-refractivity contribution in [2.75, 3.05) is 14.2 Å². The smallest absolute Gasteiger partial charge is 0.266 e. The van der Waals surface area contributed by atoms with Gasteiger partial charge < -0.3 is 14.8 Å². The molecule has 0 radical (unpaired) electrons. The summed E-state index contributed by atoms with van der Waals surface area (Å²) in [6.07, 6.45) is 0.836. The lowest BCUT2D eigenvalue weighted by Crippen LogP contribution is -2.25. The largest absolute Gasteiger partial charge is 0.493 e. The predicted octanol–water partition coefficient (Wildman–Crippen LogP) is 3.33. The Morgan fingerprint density at radius 2 is 1.74 bits per heavy atom. The Morgan fingerprint density at radius 3 is 2.45 bits per heavy atom. The quantitative estimate of drug-likeness (QED) is 0.573. The van der Waals surface area contributed by atoms with Gasteiger partial charge in [-0.15, -0.1) is 0 Å². The summed E-state index contributed by atoms with van der Waals surface area (Å²) in [5, 5.41) is 7.36. The minimum Gasteiger partial charge on any atom is -0.493 e. The molecule has 0 atom stereocenters. The number of carbonyl (C=O) groups is 1. The summed E-state index contributed by atoms with van der Waals surface area (Å²) in [6, 6.07) is 16.7. The van der Waals surface area contributed by atoms with Crippen molar-refractivity contribution in [1.29, 1.82) is 0 Å². The summed E-state index contributed by atoms with van der Waals surface area (Å²) >= 11 is 0. The summed E-state index contributed by atoms with van der Waals surface area (Å²) in [5.74, 6) is 1.16. The van der Waals surface area contributed by atoms with E-state index >= 15 is 0 Å². The highest BCUT2D eigenvalue weighted by Crippen LogP contribution is 2.31. The molecule has 7 nitrogen and oxygen atoms in total. The minimum absolute atomic E-state index is 0.0512. The van der Waals surface area contributed by atoms with E-state index in [1.54, 1.807) is 26.4 Å². The van der Waals surface area contributed by atoms with E-state index in [1.165, 1.54) is 16.3 Å². The van der Waals surface area contributed by atoms with Crippen LogP contribution in [-0.4, -0.2) is 29.9 Å². The number of hydrogen-bond acceptors (Lipinski definition) is 5. The van der Waals surface area contributed by atoms with E-state index in [2.05, 4.69) is 10.4 Å². The molecule has 0 saturated carbocycles. The van der Waals surface area contributed by atoms with Crippen molar-refractivity contribution < 1.29 is 14.3 Å². The van der Waals surface area contributed by atoms with E-state index in [-0.39, 0.29) is 11.5 Å². The van der Waals surface area contributed by atoms with Gasteiger partial charge in [0.2, 0.25) is 5.91 Å². The van der Waals surface area contributed by atoms with Gasteiger partial charge in [-0.25, -0.2) is 4.68 Å². The fourth-order valence-electron chi connectivity index (χ4n) is 3.14. The molecule has 0 aliphatic rings. The Hall–Kier alpha value is -3.61. The first-order valence-electron chi connectivity index (χ1n) is 10.1. The topological polar surface area (TPSA) is 82.5 Å². The summed E-state index contributed by atoms with van der Waals surface area (Å²) in [5.41, 5.74) is 3.48. The Labute approximate surface area is 181 Å². The number of rotatable bonds is 9. The molecule has 0 saturated heterocycles. The van der Waals surface area contributed by atoms with Crippen LogP contribution in [0.1, 0.15) is 24.0 Å². The predicted molar refractivity (Wildman–Crippen MR) is 119 cm³/mol. The third-order valence-corrected chi connectivity index (χ3v) is 4.93. The number of amides is 1. The molecule has 0 aliphatic heterocycles. The van der Waals surface area contributed by atoms with Gasteiger partial charge in [-0.1, -0.05) is 29.8 Å². The van der Waals surface area contributed by atoms with Gasteiger partial charge in [-0.05, 0) is 43.2 Å². The van der Waals surface area contributed by atoms with Gasteiger partial charge in [0.25, 0.3) is 5.56 Å². The van der Waals surface area contributed by atoms with Gasteiger partial charge in [0.15, 0.2) is 11.5 Å². The normalized spacial score (nSPS) is 10.5. The van der Waals surface area contributed by atoms with Crippen LogP contribution in [-0.2, 0) is 17.9 Å². The number of carbonyl (C=O) groups excluding carboxylic acids is 1. The third kappa shape index (κ3) is 5.94. The maximum absolute atomic E-state index is 12.2. The molecule has 7 heteroatoms. The van der Waals surface area contributed by atoms with Crippen LogP contribution in [0.3, 0.4) is 0 Å². The van der Waals surface area contributed by atoms with E-state index < -0.39 is 0 Å². The number of benzene rings is 2. The summed E-state index contributed by atoms with van der Waals surface area (Å²) in [7, 11) is 3.15. The van der Waals surface area contributed by atoms with E-state index in [0.29, 0.717) is 43.1 Å². The highest BCUT2D eigenvalue weighted by atomic mass is 16.5. The molecule has 3 rings (SSSR count). The number of aromatic nitrogens is 2. The summed E-state index contributed by atoms with van der Waals surface area (Å²) in [4.78, 5) is 24.3. The number of hydrogen-bond donors (Lipinski definition) is 1. The number of ether oxygens (including phenoxy) is 2. The minimum atomic E-state index is -0.204. The van der Waals surface area contributed by atoms with Gasteiger partial charge in [0.1, 0.15) is 0 Å². The molecule has 1 aromatic heterocycles. The van der Waals surface area contributed by atoms with Crippen molar-refractivity contribution in [2.45, 2.75) is 32.9 Å². The fraction of sp³-hybridized carbons (Fsp3) is 0.292. The molecule has 0 bridgehead atoms. The van der Waals surface area contributed by atoms with Crippen molar-refractivity contribution in [3.63, 3.8) is 0 Å². The molecule has 0 unspecified atom stereocenters. The number of nitrogens with zero attached hydrogens (tertiary/aromatic N) is 2. The van der Waals surface area contributed by atoms with E-state index in [1.807, 2.05) is 43.3 Å². The van der Waals surface area contributed by atoms with Crippen molar-refractivity contribution in [2.24, 2.45) is 0 Å². The van der Waals surface area contributed by atoms with E-state index in [4.69, 9.17) is 9.47 Å². The summed E-state index contributed by atoms with van der Waals surface area (Å²) < 4.78 is 12.0. The van der Waals surface area contributed by atoms with Crippen LogP contribution in [0.2, 0.25) is 0 Å². The van der Waals surface area contributed by atoms with Crippen molar-refractivity contribution in [3.8, 4) is 22.8 Å². The van der Waals surface area contributed by atoms with Crippen molar-refractivity contribution >= 4 is 5.91 Å². The zero-order valence-electron chi connectivity index (χ0n) is 18.1. The van der Waals surface area contributed by atoms with Crippen LogP contribution in [0.5, 0.6) is 11.5 Å². The summed E-state index contributed by atoms with van der Waals surface area (Å²) in [6.45, 7) is 2.88. The van der Waals surface area contributed by atoms with Gasteiger partial charge in [-0.3, -0.25) is 9.59 Å². The fourth-order valence-corrected chi connectivity index (χ4v) is 3.14. The third-order valence-electron chi connectivity index (χ3n) is 4.93. The van der Waals surface area contributed by atoms with Gasteiger partial charge in [-0.2, -0.15) is 5.10 Å². The Morgan fingerprint density at radius 1 is 1.00 bits per heavy atom. The number of nitrogens with one attached hydrogen (secondary N) is 1. The zero-order chi connectivity index (χ0) is 22.2. The molecule has 31 heavy (non-hydrogen) atoms. The molecular formula is C24H27N3O4. The SMILES string of the molecule is COc1ccc(-c2ccc(=O)n(CCCC(=O)NCc3ccc(C)cc3)n2)cc1OC. The number of aryl methyl sites for hydroxylation is 2. The average molecular weight is 421 g/mol. The molecule has 2 aromatic carbocycles. The van der Waals surface area contributed by atoms with Crippen LogP contribution in [0.4, 0.5) is 0 Å². The maximum Gasteiger partial charge on any atom is 0.266 e. The Balaban J connectivity index is 1.59. The molecule has 162 valence electrons. The Bertz CT molecular complexity index is 1090. The zero-order valence-corrected chi connectivity index (χ0v) is 18.1. The molecule has 0 fully saturated rings. The lowest BCUT2D eigenvalue weighted by molar-refractivity contribution is -0.121. The van der Waals surface area contributed by atoms with Gasteiger partial charge in [0.05, 0.1) is 19.9 Å². The lowest BCUT2D eigenvalue weighted by atomic mass is 10.1. The standard InChI is InChI=1S/C24H27N3O4/c1-17-6-8-18(9-7-17)16-25-23(28)5-4-14-27-24(29)13-11-20(26-27)19-10-12-21(30-2)22(15-19)31-3/h6-13,15H,4-5,14,16H2,1-3H3,(H,25,28). The second-order valence-corrected chi connectivity index (χ2v) is 7.22. The second-order valence-electron chi connectivity index (χ2n) is 7.22. The van der Waals surface area contributed by atoms with Gasteiger partial charge in [0, 0.05) is 31.1 Å². The molecular weight excluding hydrogens is 394 g/mol. The average Bonchev–Trinajstić information content (AvgIpc) is 2.79. The number of methoxy groups -OCH3 is 2. The monoisotopic (exact) mass is 421 g/mol. The first-order valence-corrected chi connectivity index (χ1v) is 10.1. The van der Waals surface area contributed by atoms with Crippen LogP contribution in [0.15, 0.2) is 59.4 Å². The van der Waals surface area contributed by atoms with E-state index in [0.717, 1.165) is 11.1 Å². The lowest BCUT2D eigenvalue weighted by Gasteiger charge is -2.11. The Kier molecular flexibility index (Phi) is 7.43. The van der Waals surface area contributed by atoms with Gasteiger partial charge >= 0.3 is 0 Å². The maximum atomic E-state index is 12.2. The molecule has 1 N–H and O–H groups in total. The molecule has 0 aliphatic carbocycles. The first-order chi connectivity index (χ1) is 15.0. The van der Waals surface area contributed by atoms with Crippen molar-refractivity contribution in [3.05, 3.63) is 76.1 Å². The molecule has 1 heterocycles. The highest BCUT2D eigenvalue weighted by Gasteiger charge is 2.09. The second kappa shape index (κ2) is 10.4. The molecule has 0 spiro atoms. The van der Waals surface area contributed by atoms with Crippen LogP contribution in [0.25, 0.3) is 11.3 Å². The first kappa shape index (κ1) is 22.1. The van der Waals surface area contributed by atoms with Crippen molar-refractivity contribution in [1.82, 2.24) is 15.1 Å². The van der Waals surface area contributed by atoms with Crippen LogP contribution >= 0.6 is 0 Å². The highest BCUT2D eigenvalue weighted by molar-refractivity contribution is 5.75. The van der Waals surface area contributed by atoms with E-state index in [9.17, 15) is 9.59 Å². The molecule has 1 amide bonds.